The lowest BCUT2D eigenvalue weighted by Crippen LogP contribution is -2.40. The fraction of sp³-hybridized carbons (Fsp3) is 0.440. The number of amides is 1. The minimum absolute atomic E-state index is 0.0376. The van der Waals surface area contributed by atoms with Gasteiger partial charge < -0.3 is 14.6 Å². The monoisotopic (exact) mass is 420 g/mol. The molecule has 0 unspecified atom stereocenters. The number of para-hydroxylation sites is 2. The number of piperidine rings is 1. The summed E-state index contributed by atoms with van der Waals surface area (Å²) in [7, 11) is 0. The summed E-state index contributed by atoms with van der Waals surface area (Å²) in [6, 6.07) is 16.9. The summed E-state index contributed by atoms with van der Waals surface area (Å²) in [6.07, 6.45) is 1.62. The van der Waals surface area contributed by atoms with E-state index in [2.05, 4.69) is 52.1 Å². The number of carbonyl (C=O) groups excluding carboxylic acids is 1. The van der Waals surface area contributed by atoms with Gasteiger partial charge in [0.05, 0.1) is 0 Å². The van der Waals surface area contributed by atoms with E-state index in [-0.39, 0.29) is 11.8 Å². The molecule has 0 saturated carbocycles. The van der Waals surface area contributed by atoms with Crippen LogP contribution in [0.3, 0.4) is 0 Å². The molecule has 1 aromatic heterocycles. The molecule has 1 N–H and O–H groups in total. The number of hydrogen-bond donors (Lipinski definition) is 1. The van der Waals surface area contributed by atoms with E-state index >= 15 is 0 Å². The Kier molecular flexibility index (Phi) is 6.87. The number of carbonyl (C=O) groups is 1. The molecule has 0 aliphatic carbocycles. The van der Waals surface area contributed by atoms with Gasteiger partial charge in [-0.1, -0.05) is 50.2 Å². The Balaban J connectivity index is 1.31. The second-order valence-electron chi connectivity index (χ2n) is 8.17. The molecular formula is C25H32N4O2. The SMILES string of the molecule is CCN(CC)Cc1ccccc1CNC(=O)C1CCN(c2nc3ccccc3o2)CC1. The Hall–Kier alpha value is -2.86. The lowest BCUT2D eigenvalue weighted by atomic mass is 9.96. The molecule has 3 aromatic rings. The van der Waals surface area contributed by atoms with Crippen LogP contribution in [0.1, 0.15) is 37.8 Å². The Morgan fingerprint density at radius 1 is 1.06 bits per heavy atom. The van der Waals surface area contributed by atoms with Crippen LogP contribution in [-0.4, -0.2) is 42.0 Å². The van der Waals surface area contributed by atoms with Crippen molar-refractivity contribution < 1.29 is 9.21 Å². The first-order valence-corrected chi connectivity index (χ1v) is 11.3. The number of nitrogens with one attached hydrogen (secondary N) is 1. The van der Waals surface area contributed by atoms with Crippen molar-refractivity contribution in [3.63, 3.8) is 0 Å². The van der Waals surface area contributed by atoms with Gasteiger partial charge in [0.2, 0.25) is 5.91 Å². The average molecular weight is 421 g/mol. The van der Waals surface area contributed by atoms with Gasteiger partial charge in [-0.3, -0.25) is 9.69 Å². The van der Waals surface area contributed by atoms with E-state index in [9.17, 15) is 4.79 Å². The predicted molar refractivity (Wildman–Crippen MR) is 124 cm³/mol. The molecule has 0 radical (unpaired) electrons. The molecular weight excluding hydrogens is 388 g/mol. The number of anilines is 1. The van der Waals surface area contributed by atoms with E-state index in [1.807, 2.05) is 30.3 Å². The van der Waals surface area contributed by atoms with Gasteiger partial charge in [-0.05, 0) is 49.2 Å². The highest BCUT2D eigenvalue weighted by atomic mass is 16.4. The first kappa shape index (κ1) is 21.4. The maximum absolute atomic E-state index is 12.8. The Morgan fingerprint density at radius 3 is 2.45 bits per heavy atom. The van der Waals surface area contributed by atoms with E-state index in [1.165, 1.54) is 11.1 Å². The van der Waals surface area contributed by atoms with Crippen LogP contribution in [0.15, 0.2) is 52.9 Å². The Morgan fingerprint density at radius 2 is 1.74 bits per heavy atom. The highest BCUT2D eigenvalue weighted by molar-refractivity contribution is 5.79. The third-order valence-electron chi connectivity index (χ3n) is 6.28. The van der Waals surface area contributed by atoms with Crippen LogP contribution in [0.5, 0.6) is 0 Å². The maximum Gasteiger partial charge on any atom is 0.298 e. The molecule has 4 rings (SSSR count). The van der Waals surface area contributed by atoms with Crippen molar-refractivity contribution in [2.24, 2.45) is 5.92 Å². The molecule has 2 heterocycles. The van der Waals surface area contributed by atoms with Crippen molar-refractivity contribution in [2.45, 2.75) is 39.8 Å². The first-order valence-electron chi connectivity index (χ1n) is 11.3. The molecule has 2 aromatic carbocycles. The number of hydrogen-bond acceptors (Lipinski definition) is 5. The molecule has 0 atom stereocenters. The Bertz CT molecular complexity index is 970. The van der Waals surface area contributed by atoms with Crippen molar-refractivity contribution in [1.29, 1.82) is 0 Å². The van der Waals surface area contributed by atoms with Gasteiger partial charge >= 0.3 is 0 Å². The van der Waals surface area contributed by atoms with Crippen LogP contribution in [0.2, 0.25) is 0 Å². The van der Waals surface area contributed by atoms with E-state index in [0.29, 0.717) is 12.6 Å². The summed E-state index contributed by atoms with van der Waals surface area (Å²) in [6.45, 7) is 9.48. The maximum atomic E-state index is 12.8. The van der Waals surface area contributed by atoms with Gasteiger partial charge in [-0.25, -0.2) is 0 Å². The number of aromatic nitrogens is 1. The first-order chi connectivity index (χ1) is 15.2. The highest BCUT2D eigenvalue weighted by Crippen LogP contribution is 2.26. The zero-order valence-corrected chi connectivity index (χ0v) is 18.5. The summed E-state index contributed by atoms with van der Waals surface area (Å²) in [5.41, 5.74) is 4.17. The third kappa shape index (κ3) is 5.07. The predicted octanol–water partition coefficient (Wildman–Crippen LogP) is 4.20. The summed E-state index contributed by atoms with van der Waals surface area (Å²) in [4.78, 5) is 21.9. The van der Waals surface area contributed by atoms with E-state index in [0.717, 1.165) is 56.7 Å². The van der Waals surface area contributed by atoms with Crippen LogP contribution >= 0.6 is 0 Å². The van der Waals surface area contributed by atoms with Crippen LogP contribution in [0.4, 0.5) is 6.01 Å². The zero-order chi connectivity index (χ0) is 21.6. The fourth-order valence-corrected chi connectivity index (χ4v) is 4.23. The molecule has 0 bridgehead atoms. The molecule has 164 valence electrons. The molecule has 31 heavy (non-hydrogen) atoms. The topological polar surface area (TPSA) is 61.6 Å². The number of nitrogens with zero attached hydrogens (tertiary/aromatic N) is 3. The number of benzene rings is 2. The summed E-state index contributed by atoms with van der Waals surface area (Å²) < 4.78 is 5.88. The minimum Gasteiger partial charge on any atom is -0.423 e. The highest BCUT2D eigenvalue weighted by Gasteiger charge is 2.27. The lowest BCUT2D eigenvalue weighted by molar-refractivity contribution is -0.125. The van der Waals surface area contributed by atoms with E-state index < -0.39 is 0 Å². The van der Waals surface area contributed by atoms with Crippen molar-refractivity contribution in [3.05, 3.63) is 59.7 Å². The number of oxazole rings is 1. The van der Waals surface area contributed by atoms with Gasteiger partial charge in [0.25, 0.3) is 6.01 Å². The molecule has 6 heteroatoms. The summed E-state index contributed by atoms with van der Waals surface area (Å²) in [5, 5.41) is 3.18. The largest absolute Gasteiger partial charge is 0.423 e. The summed E-state index contributed by atoms with van der Waals surface area (Å²) in [5.74, 6) is 0.186. The van der Waals surface area contributed by atoms with E-state index in [1.54, 1.807) is 0 Å². The molecule has 6 nitrogen and oxygen atoms in total. The van der Waals surface area contributed by atoms with Crippen molar-refractivity contribution in [3.8, 4) is 0 Å². The molecule has 0 spiro atoms. The molecule has 1 saturated heterocycles. The van der Waals surface area contributed by atoms with Gasteiger partial charge in [0, 0.05) is 32.1 Å². The van der Waals surface area contributed by atoms with Crippen LogP contribution in [0, 0.1) is 5.92 Å². The van der Waals surface area contributed by atoms with Gasteiger partial charge in [0.1, 0.15) is 5.52 Å². The van der Waals surface area contributed by atoms with Crippen molar-refractivity contribution in [2.75, 3.05) is 31.1 Å². The summed E-state index contributed by atoms with van der Waals surface area (Å²) >= 11 is 0. The van der Waals surface area contributed by atoms with Gasteiger partial charge in [-0.15, -0.1) is 0 Å². The standard InChI is InChI=1S/C25H32N4O2/c1-3-28(4-2)18-21-10-6-5-9-20(21)17-26-24(30)19-13-15-29(16-14-19)25-27-22-11-7-8-12-23(22)31-25/h5-12,19H,3-4,13-18H2,1-2H3,(H,26,30). The van der Waals surface area contributed by atoms with E-state index in [4.69, 9.17) is 4.42 Å². The van der Waals surface area contributed by atoms with Gasteiger partial charge in [0.15, 0.2) is 5.58 Å². The third-order valence-corrected chi connectivity index (χ3v) is 6.28. The molecule has 1 amide bonds. The van der Waals surface area contributed by atoms with Gasteiger partial charge in [-0.2, -0.15) is 4.98 Å². The zero-order valence-electron chi connectivity index (χ0n) is 18.5. The van der Waals surface area contributed by atoms with Crippen LogP contribution in [-0.2, 0) is 17.9 Å². The second kappa shape index (κ2) is 9.96. The minimum atomic E-state index is 0.0376. The fourth-order valence-electron chi connectivity index (χ4n) is 4.23. The normalized spacial score (nSPS) is 15.0. The molecule has 1 aliphatic rings. The van der Waals surface area contributed by atoms with Crippen LogP contribution < -0.4 is 10.2 Å². The van der Waals surface area contributed by atoms with Crippen molar-refractivity contribution >= 4 is 23.0 Å². The second-order valence-corrected chi connectivity index (χ2v) is 8.17. The molecule has 1 fully saturated rings. The lowest BCUT2D eigenvalue weighted by Gasteiger charge is -2.30. The van der Waals surface area contributed by atoms with Crippen molar-refractivity contribution in [1.82, 2.24) is 15.2 Å². The van der Waals surface area contributed by atoms with Crippen LogP contribution in [0.25, 0.3) is 11.1 Å². The number of fused-ring (bicyclic) bond motifs is 1. The quantitative estimate of drug-likeness (QED) is 0.592. The average Bonchev–Trinajstić information content (AvgIpc) is 3.26. The number of rotatable bonds is 8. The Labute approximate surface area is 184 Å². The molecule has 1 aliphatic heterocycles. The smallest absolute Gasteiger partial charge is 0.298 e.